The van der Waals surface area contributed by atoms with Crippen LogP contribution in [0, 0.1) is 23.6 Å². The minimum absolute atomic E-state index is 0.169. The van der Waals surface area contributed by atoms with E-state index in [2.05, 4.69) is 21.4 Å². The van der Waals surface area contributed by atoms with Gasteiger partial charge in [-0.25, -0.2) is 18.9 Å². The monoisotopic (exact) mass is 460 g/mol. The smallest absolute Gasteiger partial charge is 0.308 e. The largest absolute Gasteiger partial charge is 0.481 e. The molecule has 4 aliphatic rings. The van der Waals surface area contributed by atoms with Crippen LogP contribution in [0.4, 0.5) is 10.2 Å². The van der Waals surface area contributed by atoms with Gasteiger partial charge in [-0.1, -0.05) is 0 Å². The van der Waals surface area contributed by atoms with E-state index in [4.69, 9.17) is 10.1 Å². The van der Waals surface area contributed by atoms with Gasteiger partial charge in [0.05, 0.1) is 12.1 Å². The number of aliphatic carboxylic acids is 1. The van der Waals surface area contributed by atoms with Crippen molar-refractivity contribution in [2.45, 2.75) is 50.5 Å². The third-order valence-electron chi connectivity index (χ3n) is 8.08. The van der Waals surface area contributed by atoms with E-state index >= 15 is 0 Å². The van der Waals surface area contributed by atoms with Crippen LogP contribution >= 0.6 is 0 Å². The average molecular weight is 461 g/mol. The Balaban J connectivity index is 1.38. The predicted molar refractivity (Wildman–Crippen MR) is 124 cm³/mol. The molecular weight excluding hydrogens is 435 g/mol. The van der Waals surface area contributed by atoms with Crippen molar-refractivity contribution in [1.29, 1.82) is 0 Å². The van der Waals surface area contributed by atoms with E-state index in [1.807, 2.05) is 10.6 Å². The Morgan fingerprint density at radius 2 is 1.94 bits per heavy atom. The Morgan fingerprint density at radius 1 is 1.15 bits per heavy atom. The Hall–Kier alpha value is -3.49. The first-order chi connectivity index (χ1) is 16.6. The van der Waals surface area contributed by atoms with Gasteiger partial charge in [-0.15, -0.1) is 5.10 Å². The van der Waals surface area contributed by atoms with Crippen LogP contribution in [0.2, 0.25) is 0 Å². The molecule has 4 fully saturated rings. The maximum Gasteiger partial charge on any atom is 0.308 e. The maximum absolute atomic E-state index is 14.0. The number of aromatic amines is 1. The average Bonchev–Trinajstić information content (AvgIpc) is 3.45. The van der Waals surface area contributed by atoms with Gasteiger partial charge in [0.1, 0.15) is 17.0 Å². The van der Waals surface area contributed by atoms with Crippen LogP contribution in [0.3, 0.4) is 0 Å². The predicted octanol–water partition coefficient (Wildman–Crippen LogP) is 4.59. The molecule has 1 unspecified atom stereocenters. The highest BCUT2D eigenvalue weighted by atomic mass is 19.1. The number of rotatable bonds is 5. The highest BCUT2D eigenvalue weighted by molar-refractivity contribution is 5.92. The molecule has 0 amide bonds. The standard InChI is InChI=1S/C25H25FN6O2/c26-15-9-16-17(11-28-22(16)27-10-15)23-30-24(19-8-7-18(12-1-2-12)32(19)31-23)29-21-14-5-3-13(4-6-14)20(21)25(33)34/h7-14,20-21H,1-6H2,(H,27,28)(H,33,34)(H,29,30,31)/t13-,14+,20-,21?/m0/s1. The number of halogens is 1. The molecule has 2 atom stereocenters. The molecule has 4 aliphatic carbocycles. The number of H-pyrrole nitrogens is 1. The van der Waals surface area contributed by atoms with E-state index in [1.54, 1.807) is 6.20 Å². The number of pyridine rings is 1. The van der Waals surface area contributed by atoms with Crippen molar-refractivity contribution >= 4 is 28.3 Å². The van der Waals surface area contributed by atoms with Crippen LogP contribution in [0.5, 0.6) is 0 Å². The van der Waals surface area contributed by atoms with E-state index in [1.165, 1.54) is 12.3 Å². The molecule has 0 aromatic carbocycles. The molecule has 174 valence electrons. The summed E-state index contributed by atoms with van der Waals surface area (Å²) in [7, 11) is 0. The van der Waals surface area contributed by atoms with Crippen LogP contribution in [0.25, 0.3) is 27.9 Å². The third-order valence-corrected chi connectivity index (χ3v) is 8.08. The van der Waals surface area contributed by atoms with Gasteiger partial charge < -0.3 is 15.4 Å². The van der Waals surface area contributed by atoms with Crippen molar-refractivity contribution in [1.82, 2.24) is 24.6 Å². The first-order valence-electron chi connectivity index (χ1n) is 12.1. The van der Waals surface area contributed by atoms with Gasteiger partial charge in [0.25, 0.3) is 0 Å². The highest BCUT2D eigenvalue weighted by Crippen LogP contribution is 2.47. The van der Waals surface area contributed by atoms with Crippen molar-refractivity contribution in [2.75, 3.05) is 5.32 Å². The fourth-order valence-corrected chi connectivity index (χ4v) is 6.26. The minimum Gasteiger partial charge on any atom is -0.481 e. The van der Waals surface area contributed by atoms with Gasteiger partial charge in [-0.05, 0) is 68.6 Å². The zero-order valence-corrected chi connectivity index (χ0v) is 18.5. The summed E-state index contributed by atoms with van der Waals surface area (Å²) in [5, 5.41) is 19.1. The van der Waals surface area contributed by atoms with Crippen LogP contribution in [0.15, 0.2) is 30.6 Å². The first-order valence-corrected chi connectivity index (χ1v) is 12.1. The molecule has 9 heteroatoms. The molecule has 4 heterocycles. The Kier molecular flexibility index (Phi) is 4.25. The molecule has 0 aliphatic heterocycles. The molecule has 0 radical (unpaired) electrons. The molecule has 4 aromatic heterocycles. The summed E-state index contributed by atoms with van der Waals surface area (Å²) in [6, 6.07) is 5.38. The number of hydrogen-bond acceptors (Lipinski definition) is 5. The molecule has 4 saturated carbocycles. The number of fused-ring (bicyclic) bond motifs is 5. The second kappa shape index (κ2) is 7.25. The van der Waals surface area contributed by atoms with Crippen LogP contribution < -0.4 is 5.32 Å². The molecule has 34 heavy (non-hydrogen) atoms. The van der Waals surface area contributed by atoms with Crippen molar-refractivity contribution in [2.24, 2.45) is 17.8 Å². The van der Waals surface area contributed by atoms with Gasteiger partial charge in [0.15, 0.2) is 11.6 Å². The second-order valence-corrected chi connectivity index (χ2v) is 10.1. The molecule has 4 aromatic rings. The summed E-state index contributed by atoms with van der Waals surface area (Å²) < 4.78 is 15.9. The molecule has 8 rings (SSSR count). The van der Waals surface area contributed by atoms with Gasteiger partial charge in [0.2, 0.25) is 0 Å². The lowest BCUT2D eigenvalue weighted by atomic mass is 9.61. The fourth-order valence-electron chi connectivity index (χ4n) is 6.26. The second-order valence-electron chi connectivity index (χ2n) is 10.1. The summed E-state index contributed by atoms with van der Waals surface area (Å²) in [5.74, 6) is 0.508. The van der Waals surface area contributed by atoms with E-state index in [-0.39, 0.29) is 12.0 Å². The summed E-state index contributed by atoms with van der Waals surface area (Å²) in [6.07, 6.45) is 9.24. The summed E-state index contributed by atoms with van der Waals surface area (Å²) >= 11 is 0. The Morgan fingerprint density at radius 3 is 2.71 bits per heavy atom. The van der Waals surface area contributed by atoms with Gasteiger partial charge in [0, 0.05) is 34.8 Å². The lowest BCUT2D eigenvalue weighted by Gasteiger charge is -2.47. The fraction of sp³-hybridized carbons (Fsp3) is 0.440. The van der Waals surface area contributed by atoms with Crippen molar-refractivity contribution in [3.63, 3.8) is 0 Å². The summed E-state index contributed by atoms with van der Waals surface area (Å²) in [6.45, 7) is 0. The first kappa shape index (κ1) is 19.9. The van der Waals surface area contributed by atoms with Crippen LogP contribution in [-0.4, -0.2) is 41.7 Å². The molecule has 2 bridgehead atoms. The van der Waals surface area contributed by atoms with Crippen molar-refractivity contribution in [3.05, 3.63) is 42.1 Å². The number of anilines is 1. The number of carbonyl (C=O) groups is 1. The summed E-state index contributed by atoms with van der Waals surface area (Å²) in [4.78, 5) is 24.3. The maximum atomic E-state index is 14.0. The number of nitrogens with one attached hydrogen (secondary N) is 2. The van der Waals surface area contributed by atoms with Crippen molar-refractivity contribution < 1.29 is 14.3 Å². The van der Waals surface area contributed by atoms with Gasteiger partial charge >= 0.3 is 5.97 Å². The van der Waals surface area contributed by atoms with E-state index < -0.39 is 17.7 Å². The minimum atomic E-state index is -0.732. The molecule has 3 N–H and O–H groups in total. The van der Waals surface area contributed by atoms with Crippen LogP contribution in [0.1, 0.15) is 50.1 Å². The van der Waals surface area contributed by atoms with Gasteiger partial charge in [-0.2, -0.15) is 0 Å². The molecule has 0 spiro atoms. The zero-order valence-electron chi connectivity index (χ0n) is 18.5. The summed E-state index contributed by atoms with van der Waals surface area (Å²) in [5.41, 5.74) is 3.22. The molecule has 8 nitrogen and oxygen atoms in total. The number of nitrogens with zero attached hydrogens (tertiary/aromatic N) is 4. The lowest BCUT2D eigenvalue weighted by molar-refractivity contribution is -0.148. The quantitative estimate of drug-likeness (QED) is 0.402. The zero-order chi connectivity index (χ0) is 23.0. The third kappa shape index (κ3) is 3.02. The Bertz CT molecular complexity index is 1430. The van der Waals surface area contributed by atoms with E-state index in [9.17, 15) is 14.3 Å². The van der Waals surface area contributed by atoms with Gasteiger partial charge in [-0.3, -0.25) is 4.79 Å². The Labute approximate surface area is 194 Å². The molecular formula is C25H25FN6O2. The number of hydrogen-bond donors (Lipinski definition) is 3. The van der Waals surface area contributed by atoms with E-state index in [0.717, 1.165) is 49.7 Å². The topological polar surface area (TPSA) is 108 Å². The normalized spacial score (nSPS) is 26.4. The molecule has 0 saturated heterocycles. The lowest BCUT2D eigenvalue weighted by Crippen LogP contribution is -2.51. The van der Waals surface area contributed by atoms with E-state index in [0.29, 0.717) is 40.1 Å². The highest BCUT2D eigenvalue weighted by Gasteiger charge is 2.47. The number of carboxylic acid groups (broad SMARTS) is 1. The number of carboxylic acids is 1. The van der Waals surface area contributed by atoms with Crippen LogP contribution in [-0.2, 0) is 4.79 Å². The van der Waals surface area contributed by atoms with Crippen molar-refractivity contribution in [3.8, 4) is 11.4 Å². The number of aromatic nitrogens is 5. The SMILES string of the molecule is O=C(O)[C@@H]1C(Nc2nc(-c3c[nH]c4ncc(F)cc34)nn3c(C4CC4)ccc23)[C@H]2CC[C@@H]1CC2.